The Morgan fingerprint density at radius 1 is 1.02 bits per heavy atom. The number of anilines is 4. The molecule has 8 heterocycles. The third-order valence-corrected chi connectivity index (χ3v) is 11.4. The van der Waals surface area contributed by atoms with Gasteiger partial charge < -0.3 is 33.9 Å². The standard InChI is InChI=1S/C39H44N8O5/c1-3-27-20-44(29-21-51-22-29)12-13-45(27)28-8-9-34(41-18-28)42-31-16-26(19-43(2)37(31)48)30-10-11-40-36(35(30)39(50)23-52-24-39)47-15-14-46-32-7-5-4-6-25(32)17-33(46)38(47)49/h3,8-11,16-19,27,29,50H,1,4-7,12-15,20-24H2,2H3,(H,41,42). The van der Waals surface area contributed by atoms with E-state index in [4.69, 9.17) is 19.4 Å². The van der Waals surface area contributed by atoms with Crippen molar-refractivity contribution in [2.24, 2.45) is 7.05 Å². The topological polar surface area (TPSA) is 130 Å². The Morgan fingerprint density at radius 2 is 1.87 bits per heavy atom. The van der Waals surface area contributed by atoms with Gasteiger partial charge in [-0.2, -0.15) is 0 Å². The van der Waals surface area contributed by atoms with Crippen LogP contribution in [0.1, 0.15) is 40.2 Å². The molecule has 1 amide bonds. The first-order valence-electron chi connectivity index (χ1n) is 18.3. The number of hydrogen-bond acceptors (Lipinski definition) is 10. The molecule has 5 aliphatic rings. The van der Waals surface area contributed by atoms with Gasteiger partial charge in [-0.1, -0.05) is 6.08 Å². The number of carbonyl (C=O) groups is 1. The summed E-state index contributed by atoms with van der Waals surface area (Å²) in [5.41, 5.74) is 4.84. The highest BCUT2D eigenvalue weighted by Gasteiger charge is 2.45. The Hall–Kier alpha value is -4.82. The highest BCUT2D eigenvalue weighted by Crippen LogP contribution is 2.43. The van der Waals surface area contributed by atoms with Gasteiger partial charge in [-0.05, 0) is 67.1 Å². The summed E-state index contributed by atoms with van der Waals surface area (Å²) in [5, 5.41) is 15.1. The zero-order valence-electron chi connectivity index (χ0n) is 29.5. The smallest absolute Gasteiger partial charge is 0.276 e. The van der Waals surface area contributed by atoms with Crippen molar-refractivity contribution in [3.63, 3.8) is 0 Å². The van der Waals surface area contributed by atoms with Crippen LogP contribution in [0, 0.1) is 0 Å². The van der Waals surface area contributed by atoms with Crippen molar-refractivity contribution >= 4 is 28.9 Å². The van der Waals surface area contributed by atoms with Crippen LogP contribution in [0.4, 0.5) is 23.0 Å². The van der Waals surface area contributed by atoms with Gasteiger partial charge in [0.05, 0.1) is 50.4 Å². The van der Waals surface area contributed by atoms with Crippen molar-refractivity contribution in [3.05, 3.63) is 94.4 Å². The molecule has 4 aliphatic heterocycles. The molecule has 1 unspecified atom stereocenters. The molecular weight excluding hydrogens is 660 g/mol. The summed E-state index contributed by atoms with van der Waals surface area (Å²) in [6, 6.07) is 10.2. The number of carbonyl (C=O) groups excluding carboxylic acids is 1. The fourth-order valence-electron chi connectivity index (χ4n) is 8.47. The van der Waals surface area contributed by atoms with Crippen LogP contribution in [0.5, 0.6) is 0 Å². The Kier molecular flexibility index (Phi) is 8.26. The molecule has 0 aromatic carbocycles. The van der Waals surface area contributed by atoms with Crippen LogP contribution in [0.3, 0.4) is 0 Å². The number of ether oxygens (including phenoxy) is 2. The minimum absolute atomic E-state index is 0.0787. The second-order valence-corrected chi connectivity index (χ2v) is 14.7. The fourth-order valence-corrected chi connectivity index (χ4v) is 8.47. The summed E-state index contributed by atoms with van der Waals surface area (Å²) in [6.45, 7) is 9.63. The van der Waals surface area contributed by atoms with Crippen molar-refractivity contribution < 1.29 is 19.4 Å². The Morgan fingerprint density at radius 3 is 2.60 bits per heavy atom. The molecule has 0 radical (unpaired) electrons. The number of nitrogens with zero attached hydrogens (tertiary/aromatic N) is 7. The van der Waals surface area contributed by atoms with Gasteiger partial charge in [0.2, 0.25) is 0 Å². The molecule has 0 bridgehead atoms. The lowest BCUT2D eigenvalue weighted by molar-refractivity contribution is -0.184. The fraction of sp³-hybridized carbons (Fsp3) is 0.436. The summed E-state index contributed by atoms with van der Waals surface area (Å²) < 4.78 is 14.6. The summed E-state index contributed by atoms with van der Waals surface area (Å²) >= 11 is 0. The number of aromatic nitrogens is 4. The van der Waals surface area contributed by atoms with E-state index >= 15 is 0 Å². The maximum atomic E-state index is 14.1. The Labute approximate surface area is 302 Å². The summed E-state index contributed by atoms with van der Waals surface area (Å²) in [5.74, 6) is 0.825. The van der Waals surface area contributed by atoms with Crippen molar-refractivity contribution in [1.29, 1.82) is 0 Å². The van der Waals surface area contributed by atoms with Gasteiger partial charge in [0.25, 0.3) is 11.5 Å². The molecule has 13 nitrogen and oxygen atoms in total. The minimum atomic E-state index is -1.35. The van der Waals surface area contributed by atoms with E-state index in [-0.39, 0.29) is 30.7 Å². The number of nitrogens with one attached hydrogen (secondary N) is 1. The van der Waals surface area contributed by atoms with E-state index in [1.807, 2.05) is 36.5 Å². The van der Waals surface area contributed by atoms with Crippen LogP contribution in [-0.2, 0) is 41.5 Å². The van der Waals surface area contributed by atoms with Gasteiger partial charge in [-0.25, -0.2) is 9.97 Å². The van der Waals surface area contributed by atoms with E-state index in [9.17, 15) is 14.7 Å². The predicted molar refractivity (Wildman–Crippen MR) is 197 cm³/mol. The second kappa shape index (κ2) is 13.0. The monoisotopic (exact) mass is 704 g/mol. The van der Waals surface area contributed by atoms with Gasteiger partial charge in [-0.3, -0.25) is 19.4 Å². The van der Waals surface area contributed by atoms with Crippen molar-refractivity contribution in [1.82, 2.24) is 24.0 Å². The largest absolute Gasteiger partial charge is 0.380 e. The van der Waals surface area contributed by atoms with E-state index in [0.717, 1.165) is 64.2 Å². The van der Waals surface area contributed by atoms with Gasteiger partial charge in [-0.15, -0.1) is 6.58 Å². The molecule has 0 spiro atoms. The zero-order valence-corrected chi connectivity index (χ0v) is 29.5. The predicted octanol–water partition coefficient (Wildman–Crippen LogP) is 3.22. The minimum Gasteiger partial charge on any atom is -0.380 e. The Bertz CT molecular complexity index is 2100. The molecule has 4 aromatic heterocycles. The molecule has 1 aliphatic carbocycles. The number of piperazine rings is 1. The number of pyridine rings is 3. The highest BCUT2D eigenvalue weighted by atomic mass is 16.5. The second-order valence-electron chi connectivity index (χ2n) is 14.7. The SMILES string of the molecule is C=CC1CN(C2COC2)CCN1c1ccc(Nc2cc(-c3ccnc(N4CCn5c(cc6c5CCCC6)C4=O)c3C3(O)COC3)cn(C)c2=O)nc1. The average molecular weight is 705 g/mol. The van der Waals surface area contributed by atoms with Gasteiger partial charge >= 0.3 is 0 Å². The maximum Gasteiger partial charge on any atom is 0.276 e. The van der Waals surface area contributed by atoms with E-state index < -0.39 is 5.60 Å². The summed E-state index contributed by atoms with van der Waals surface area (Å²) in [6.07, 6.45) is 11.5. The van der Waals surface area contributed by atoms with Crippen molar-refractivity contribution in [2.45, 2.75) is 49.9 Å². The normalized spacial score (nSPS) is 21.6. The lowest BCUT2D eigenvalue weighted by atomic mass is 9.86. The quantitative estimate of drug-likeness (QED) is 0.264. The van der Waals surface area contributed by atoms with Crippen LogP contribution in [0.2, 0.25) is 0 Å². The first-order valence-corrected chi connectivity index (χ1v) is 18.3. The van der Waals surface area contributed by atoms with E-state index in [1.165, 1.54) is 15.8 Å². The van der Waals surface area contributed by atoms with E-state index in [0.29, 0.717) is 58.8 Å². The molecule has 270 valence electrons. The first kappa shape index (κ1) is 33.0. The number of aliphatic hydroxyl groups is 1. The lowest BCUT2D eigenvalue weighted by Crippen LogP contribution is -2.60. The molecule has 3 fully saturated rings. The van der Waals surface area contributed by atoms with E-state index in [2.05, 4.69) is 26.3 Å². The molecular formula is C39H44N8O5. The molecule has 4 aromatic rings. The number of rotatable bonds is 8. The summed E-state index contributed by atoms with van der Waals surface area (Å²) in [7, 11) is 1.70. The maximum absolute atomic E-state index is 14.1. The number of aryl methyl sites for hydroxylation is 2. The summed E-state index contributed by atoms with van der Waals surface area (Å²) in [4.78, 5) is 43.5. The molecule has 3 saturated heterocycles. The Balaban J connectivity index is 1.02. The molecule has 9 rings (SSSR count). The van der Waals surface area contributed by atoms with Crippen LogP contribution in [-0.4, -0.2) is 99.7 Å². The lowest BCUT2D eigenvalue weighted by Gasteiger charge is -2.46. The number of fused-ring (bicyclic) bond motifs is 3. The highest BCUT2D eigenvalue weighted by molar-refractivity contribution is 6.06. The van der Waals surface area contributed by atoms with Crippen LogP contribution in [0.15, 0.2) is 66.4 Å². The van der Waals surface area contributed by atoms with Crippen LogP contribution in [0.25, 0.3) is 11.1 Å². The third-order valence-electron chi connectivity index (χ3n) is 11.4. The van der Waals surface area contributed by atoms with Gasteiger partial charge in [0.15, 0.2) is 0 Å². The van der Waals surface area contributed by atoms with Gasteiger partial charge in [0, 0.05) is 69.0 Å². The molecule has 52 heavy (non-hydrogen) atoms. The molecule has 2 N–H and O–H groups in total. The van der Waals surface area contributed by atoms with Crippen molar-refractivity contribution in [3.8, 4) is 11.1 Å². The average Bonchev–Trinajstić information content (AvgIpc) is 3.52. The van der Waals surface area contributed by atoms with Crippen molar-refractivity contribution in [2.75, 3.05) is 67.7 Å². The van der Waals surface area contributed by atoms with E-state index in [1.54, 1.807) is 30.4 Å². The first-order chi connectivity index (χ1) is 25.3. The zero-order chi connectivity index (χ0) is 35.6. The molecule has 0 saturated carbocycles. The number of hydrogen-bond donors (Lipinski definition) is 2. The van der Waals surface area contributed by atoms with Crippen LogP contribution >= 0.6 is 0 Å². The van der Waals surface area contributed by atoms with Gasteiger partial charge in [0.1, 0.15) is 28.6 Å². The molecule has 1 atom stereocenters. The third kappa shape index (κ3) is 5.54. The van der Waals surface area contributed by atoms with Crippen LogP contribution < -0.4 is 20.7 Å². The molecule has 13 heteroatoms. The number of amides is 1.